The molecule has 0 amide bonds. The third-order valence-electron chi connectivity index (χ3n) is 3.89. The van der Waals surface area contributed by atoms with E-state index < -0.39 is 5.97 Å². The van der Waals surface area contributed by atoms with E-state index in [0.29, 0.717) is 28.9 Å². The summed E-state index contributed by atoms with van der Waals surface area (Å²) in [5.41, 5.74) is 1.17. The molecule has 3 rings (SSSR count). The van der Waals surface area contributed by atoms with Gasteiger partial charge in [-0.15, -0.1) is 5.10 Å². The number of thioether (sulfide) groups is 1. The van der Waals surface area contributed by atoms with Gasteiger partial charge in [-0.1, -0.05) is 30.0 Å². The van der Waals surface area contributed by atoms with Gasteiger partial charge in [-0.25, -0.2) is 19.3 Å². The third kappa shape index (κ3) is 4.19. The number of nitrogens with zero attached hydrogens (tertiary/aromatic N) is 4. The maximum atomic E-state index is 12.3. The molecule has 2 heterocycles. The number of rotatable bonds is 6. The van der Waals surface area contributed by atoms with Crippen LogP contribution in [0.3, 0.4) is 0 Å². The first kappa shape index (κ1) is 19.9. The summed E-state index contributed by atoms with van der Waals surface area (Å²) in [7, 11) is 0. The Morgan fingerprint density at radius 2 is 1.96 bits per heavy atom. The van der Waals surface area contributed by atoms with Crippen molar-refractivity contribution in [2.45, 2.75) is 44.1 Å². The Kier molecular flexibility index (Phi) is 5.73. The van der Waals surface area contributed by atoms with E-state index >= 15 is 0 Å². The van der Waals surface area contributed by atoms with Crippen molar-refractivity contribution < 1.29 is 9.53 Å². The van der Waals surface area contributed by atoms with Gasteiger partial charge in [0.05, 0.1) is 23.5 Å². The number of carbonyl (C=O) groups is 1. The van der Waals surface area contributed by atoms with Crippen LogP contribution >= 0.6 is 11.8 Å². The molecule has 0 aliphatic carbocycles. The smallest absolute Gasteiger partial charge is 0.356 e. The van der Waals surface area contributed by atoms with E-state index in [0.717, 1.165) is 5.69 Å². The molecule has 0 fully saturated rings. The van der Waals surface area contributed by atoms with Crippen LogP contribution in [0, 0.1) is 0 Å². The van der Waals surface area contributed by atoms with Gasteiger partial charge in [-0.05, 0) is 45.9 Å². The summed E-state index contributed by atoms with van der Waals surface area (Å²) in [6, 6.07) is 11.0. The number of benzene rings is 1. The molecule has 0 saturated heterocycles. The van der Waals surface area contributed by atoms with Crippen LogP contribution in [0.5, 0.6) is 0 Å². The lowest BCUT2D eigenvalue weighted by molar-refractivity contribution is 0.0503. The van der Waals surface area contributed by atoms with Crippen molar-refractivity contribution in [3.05, 3.63) is 58.3 Å². The van der Waals surface area contributed by atoms with Crippen LogP contribution in [0.2, 0.25) is 0 Å². The standard InChI is InChI=1S/C19H23N5O3S/c1-5-27-16(25)15-11-13(22-24(15)19(2,3)4)12-28-18-21-20-17(26)23(18)14-9-7-6-8-10-14/h6-11H,5,12H2,1-4H3,(H,20,26). The van der Waals surface area contributed by atoms with E-state index in [1.165, 1.54) is 16.3 Å². The Labute approximate surface area is 166 Å². The van der Waals surface area contributed by atoms with Crippen LogP contribution in [0.25, 0.3) is 5.69 Å². The summed E-state index contributed by atoms with van der Waals surface area (Å²) in [4.78, 5) is 24.4. The summed E-state index contributed by atoms with van der Waals surface area (Å²) in [6.07, 6.45) is 0. The highest BCUT2D eigenvalue weighted by molar-refractivity contribution is 7.98. The zero-order chi connectivity index (χ0) is 20.3. The number of esters is 1. The average molecular weight is 401 g/mol. The van der Waals surface area contributed by atoms with Crippen molar-refractivity contribution in [3.8, 4) is 5.69 Å². The van der Waals surface area contributed by atoms with E-state index in [-0.39, 0.29) is 11.2 Å². The van der Waals surface area contributed by atoms with Gasteiger partial charge in [0, 0.05) is 5.75 Å². The number of hydrogen-bond donors (Lipinski definition) is 1. The number of para-hydroxylation sites is 1. The lowest BCUT2D eigenvalue weighted by atomic mass is 10.1. The number of hydrogen-bond acceptors (Lipinski definition) is 6. The minimum atomic E-state index is -0.401. The third-order valence-corrected chi connectivity index (χ3v) is 4.86. The van der Waals surface area contributed by atoms with Crippen molar-refractivity contribution in [2.75, 3.05) is 6.61 Å². The monoisotopic (exact) mass is 401 g/mol. The molecule has 0 aliphatic heterocycles. The lowest BCUT2D eigenvalue weighted by Gasteiger charge is -2.21. The number of ether oxygens (including phenoxy) is 1. The van der Waals surface area contributed by atoms with Crippen LogP contribution in [-0.4, -0.2) is 37.1 Å². The summed E-state index contributed by atoms with van der Waals surface area (Å²) in [6.45, 7) is 7.99. The molecule has 0 atom stereocenters. The van der Waals surface area contributed by atoms with Gasteiger partial charge in [0.2, 0.25) is 0 Å². The van der Waals surface area contributed by atoms with E-state index in [2.05, 4.69) is 15.3 Å². The Bertz CT molecular complexity index is 1010. The highest BCUT2D eigenvalue weighted by Crippen LogP contribution is 2.24. The second-order valence-corrected chi connectivity index (χ2v) is 8.04. The first-order chi connectivity index (χ1) is 13.3. The molecular weight excluding hydrogens is 378 g/mol. The molecule has 0 aliphatic rings. The number of aromatic amines is 1. The highest BCUT2D eigenvalue weighted by Gasteiger charge is 2.25. The maximum Gasteiger partial charge on any atom is 0.356 e. The molecule has 0 radical (unpaired) electrons. The average Bonchev–Trinajstić information content (AvgIpc) is 3.24. The Hall–Kier alpha value is -2.81. The normalized spacial score (nSPS) is 11.6. The van der Waals surface area contributed by atoms with Crippen molar-refractivity contribution in [2.24, 2.45) is 0 Å². The lowest BCUT2D eigenvalue weighted by Crippen LogP contribution is -2.27. The molecule has 2 aromatic heterocycles. The van der Waals surface area contributed by atoms with Gasteiger partial charge in [0.25, 0.3) is 0 Å². The van der Waals surface area contributed by atoms with Gasteiger partial charge >= 0.3 is 11.7 Å². The second-order valence-electron chi connectivity index (χ2n) is 7.09. The quantitative estimate of drug-likeness (QED) is 0.504. The van der Waals surface area contributed by atoms with Gasteiger partial charge < -0.3 is 4.74 Å². The SMILES string of the molecule is CCOC(=O)c1cc(CSc2n[nH]c(=O)n2-c2ccccc2)nn1C(C)(C)C. The Morgan fingerprint density at radius 1 is 1.25 bits per heavy atom. The molecule has 0 bridgehead atoms. The summed E-state index contributed by atoms with van der Waals surface area (Å²) < 4.78 is 8.34. The van der Waals surface area contributed by atoms with Crippen molar-refractivity contribution in [1.82, 2.24) is 24.5 Å². The molecule has 28 heavy (non-hydrogen) atoms. The Morgan fingerprint density at radius 3 is 2.61 bits per heavy atom. The zero-order valence-electron chi connectivity index (χ0n) is 16.3. The van der Waals surface area contributed by atoms with Gasteiger partial charge in [0.15, 0.2) is 5.16 Å². The van der Waals surface area contributed by atoms with E-state index in [9.17, 15) is 9.59 Å². The molecule has 1 aromatic carbocycles. The zero-order valence-corrected chi connectivity index (χ0v) is 17.1. The van der Waals surface area contributed by atoms with Gasteiger partial charge in [-0.3, -0.25) is 4.68 Å². The van der Waals surface area contributed by atoms with Crippen molar-refractivity contribution in [3.63, 3.8) is 0 Å². The first-order valence-corrected chi connectivity index (χ1v) is 9.92. The number of H-pyrrole nitrogens is 1. The number of aromatic nitrogens is 5. The molecule has 148 valence electrons. The van der Waals surface area contributed by atoms with Crippen LogP contribution < -0.4 is 5.69 Å². The minimum Gasteiger partial charge on any atom is -0.461 e. The summed E-state index contributed by atoms with van der Waals surface area (Å²) in [5.74, 6) is 0.0502. The first-order valence-electron chi connectivity index (χ1n) is 8.93. The maximum absolute atomic E-state index is 12.3. The van der Waals surface area contributed by atoms with Crippen molar-refractivity contribution in [1.29, 1.82) is 0 Å². The number of nitrogens with one attached hydrogen (secondary N) is 1. The molecule has 0 spiro atoms. The van der Waals surface area contributed by atoms with E-state index in [1.54, 1.807) is 17.7 Å². The molecule has 8 nitrogen and oxygen atoms in total. The predicted octanol–water partition coefficient (Wildman–Crippen LogP) is 2.98. The fourth-order valence-electron chi connectivity index (χ4n) is 2.69. The number of carbonyl (C=O) groups excluding carboxylic acids is 1. The topological polar surface area (TPSA) is 94.8 Å². The molecule has 1 N–H and O–H groups in total. The van der Waals surface area contributed by atoms with Crippen LogP contribution in [0.1, 0.15) is 43.9 Å². The van der Waals surface area contributed by atoms with Gasteiger partial charge in [0.1, 0.15) is 5.69 Å². The predicted molar refractivity (Wildman–Crippen MR) is 107 cm³/mol. The van der Waals surface area contributed by atoms with Crippen LogP contribution in [0.15, 0.2) is 46.3 Å². The second kappa shape index (κ2) is 8.05. The summed E-state index contributed by atoms with van der Waals surface area (Å²) >= 11 is 1.37. The molecular formula is C19H23N5O3S. The highest BCUT2D eigenvalue weighted by atomic mass is 32.2. The van der Waals surface area contributed by atoms with Crippen molar-refractivity contribution >= 4 is 17.7 Å². The largest absolute Gasteiger partial charge is 0.461 e. The molecule has 3 aromatic rings. The summed E-state index contributed by atoms with van der Waals surface area (Å²) in [5, 5.41) is 11.7. The van der Waals surface area contributed by atoms with Gasteiger partial charge in [-0.2, -0.15) is 5.10 Å². The fraction of sp³-hybridized carbons (Fsp3) is 0.368. The molecule has 0 unspecified atom stereocenters. The fourth-order valence-corrected chi connectivity index (χ4v) is 3.53. The van der Waals surface area contributed by atoms with Crippen LogP contribution in [-0.2, 0) is 16.0 Å². The van der Waals surface area contributed by atoms with Crippen LogP contribution in [0.4, 0.5) is 0 Å². The van der Waals surface area contributed by atoms with E-state index in [1.807, 2.05) is 51.1 Å². The molecule has 9 heteroatoms. The minimum absolute atomic E-state index is 0.300. The molecule has 0 saturated carbocycles. The Balaban J connectivity index is 1.87. The van der Waals surface area contributed by atoms with E-state index in [4.69, 9.17) is 4.74 Å².